The second-order valence-electron chi connectivity index (χ2n) is 3.62. The normalized spacial score (nSPS) is 11.6. The predicted molar refractivity (Wildman–Crippen MR) is 58.4 cm³/mol. The summed E-state index contributed by atoms with van der Waals surface area (Å²) >= 11 is 5.49. The summed E-state index contributed by atoms with van der Waals surface area (Å²) in [4.78, 5) is 11.8. The Kier molecular flexibility index (Phi) is 3.32. The minimum atomic E-state index is -4.62. The van der Waals surface area contributed by atoms with Crippen LogP contribution in [0.1, 0.15) is 21.7 Å². The number of H-pyrrole nitrogens is 1. The third-order valence-corrected chi connectivity index (χ3v) is 2.59. The molecule has 0 amide bonds. The molecule has 2 aromatic rings. The molecule has 0 radical (unpaired) electrons. The van der Waals surface area contributed by atoms with Crippen molar-refractivity contribution in [1.29, 1.82) is 0 Å². The van der Waals surface area contributed by atoms with Gasteiger partial charge in [-0.15, -0.1) is 0 Å². The van der Waals surface area contributed by atoms with E-state index in [1.807, 2.05) is 0 Å². The molecule has 1 aromatic carbocycles. The summed E-state index contributed by atoms with van der Waals surface area (Å²) in [6.45, 7) is 0. The van der Waals surface area contributed by atoms with E-state index in [4.69, 9.17) is 11.6 Å². The number of halogens is 5. The molecule has 19 heavy (non-hydrogen) atoms. The molecule has 100 valence electrons. The van der Waals surface area contributed by atoms with Crippen LogP contribution in [0.15, 0.2) is 24.3 Å². The SMILES string of the molecule is O=C(c1ccc(F)c(Cl)c1)c1cc(C(F)(F)F)[nH]n1. The smallest absolute Gasteiger partial charge is 0.287 e. The van der Waals surface area contributed by atoms with Crippen LogP contribution in [0.4, 0.5) is 17.6 Å². The number of aromatic nitrogens is 2. The zero-order valence-corrected chi connectivity index (χ0v) is 9.81. The fourth-order valence-corrected chi connectivity index (χ4v) is 1.55. The molecular weight excluding hydrogens is 288 g/mol. The van der Waals surface area contributed by atoms with Gasteiger partial charge in [0.1, 0.15) is 17.2 Å². The Hall–Kier alpha value is -1.89. The van der Waals surface area contributed by atoms with Crippen LogP contribution >= 0.6 is 11.6 Å². The fourth-order valence-electron chi connectivity index (χ4n) is 1.37. The van der Waals surface area contributed by atoms with Gasteiger partial charge in [0, 0.05) is 5.56 Å². The highest BCUT2D eigenvalue weighted by molar-refractivity contribution is 6.31. The molecule has 0 atom stereocenters. The monoisotopic (exact) mass is 292 g/mol. The molecule has 0 bridgehead atoms. The second kappa shape index (κ2) is 4.65. The number of carbonyl (C=O) groups is 1. The third-order valence-electron chi connectivity index (χ3n) is 2.30. The lowest BCUT2D eigenvalue weighted by Gasteiger charge is -2.00. The van der Waals surface area contributed by atoms with E-state index in [1.165, 1.54) is 0 Å². The number of benzene rings is 1. The highest BCUT2D eigenvalue weighted by Crippen LogP contribution is 2.28. The van der Waals surface area contributed by atoms with Gasteiger partial charge in [-0.2, -0.15) is 18.3 Å². The summed E-state index contributed by atoms with van der Waals surface area (Å²) in [6.07, 6.45) is -4.62. The molecule has 1 aromatic heterocycles. The van der Waals surface area contributed by atoms with Gasteiger partial charge in [-0.3, -0.25) is 9.89 Å². The molecule has 2 rings (SSSR count). The summed E-state index contributed by atoms with van der Waals surface area (Å²) in [5.41, 5.74) is -1.61. The maximum absolute atomic E-state index is 12.9. The van der Waals surface area contributed by atoms with E-state index >= 15 is 0 Å². The van der Waals surface area contributed by atoms with E-state index in [-0.39, 0.29) is 10.6 Å². The summed E-state index contributed by atoms with van der Waals surface area (Å²) in [6, 6.07) is 3.68. The Morgan fingerprint density at radius 3 is 2.47 bits per heavy atom. The first kappa shape index (κ1) is 13.5. The van der Waals surface area contributed by atoms with Crippen LogP contribution in [-0.2, 0) is 6.18 Å². The number of hydrogen-bond acceptors (Lipinski definition) is 2. The first-order valence-electron chi connectivity index (χ1n) is 4.91. The van der Waals surface area contributed by atoms with Crippen molar-refractivity contribution in [1.82, 2.24) is 10.2 Å². The van der Waals surface area contributed by atoms with Crippen molar-refractivity contribution in [2.75, 3.05) is 0 Å². The van der Waals surface area contributed by atoms with E-state index < -0.39 is 29.2 Å². The van der Waals surface area contributed by atoms with Gasteiger partial charge in [-0.25, -0.2) is 4.39 Å². The lowest BCUT2D eigenvalue weighted by atomic mass is 10.1. The maximum atomic E-state index is 12.9. The van der Waals surface area contributed by atoms with Crippen molar-refractivity contribution in [3.8, 4) is 0 Å². The molecule has 0 unspecified atom stereocenters. The number of carbonyl (C=O) groups excluding carboxylic acids is 1. The first-order chi connectivity index (χ1) is 8.79. The quantitative estimate of drug-likeness (QED) is 0.680. The van der Waals surface area contributed by atoms with E-state index in [1.54, 1.807) is 5.10 Å². The fraction of sp³-hybridized carbons (Fsp3) is 0.0909. The largest absolute Gasteiger partial charge is 0.432 e. The minimum Gasteiger partial charge on any atom is -0.287 e. The van der Waals surface area contributed by atoms with Gasteiger partial charge >= 0.3 is 6.18 Å². The molecule has 0 aliphatic heterocycles. The van der Waals surface area contributed by atoms with Crippen molar-refractivity contribution in [3.05, 3.63) is 52.1 Å². The van der Waals surface area contributed by atoms with Crippen LogP contribution in [0.25, 0.3) is 0 Å². The standard InChI is InChI=1S/C11H5ClF4N2O/c12-6-3-5(1-2-7(6)13)10(19)8-4-9(18-17-8)11(14,15)16/h1-4H,(H,17,18). The van der Waals surface area contributed by atoms with Crippen molar-refractivity contribution in [2.45, 2.75) is 6.18 Å². The number of hydrogen-bond donors (Lipinski definition) is 1. The summed E-state index contributed by atoms with van der Waals surface area (Å²) < 4.78 is 49.9. The maximum Gasteiger partial charge on any atom is 0.432 e. The molecule has 0 saturated carbocycles. The van der Waals surface area contributed by atoms with E-state index in [0.717, 1.165) is 18.2 Å². The van der Waals surface area contributed by atoms with Crippen LogP contribution in [-0.4, -0.2) is 16.0 Å². The second-order valence-corrected chi connectivity index (χ2v) is 4.03. The van der Waals surface area contributed by atoms with Crippen LogP contribution in [0.3, 0.4) is 0 Å². The number of ketones is 1. The lowest BCUT2D eigenvalue weighted by molar-refractivity contribution is -0.141. The van der Waals surface area contributed by atoms with E-state index in [9.17, 15) is 22.4 Å². The van der Waals surface area contributed by atoms with Gasteiger partial charge in [-0.1, -0.05) is 11.6 Å². The number of alkyl halides is 3. The van der Waals surface area contributed by atoms with Crippen LogP contribution in [0.5, 0.6) is 0 Å². The number of nitrogens with zero attached hydrogens (tertiary/aromatic N) is 1. The molecule has 1 heterocycles. The average molecular weight is 293 g/mol. The van der Waals surface area contributed by atoms with Crippen molar-refractivity contribution >= 4 is 17.4 Å². The Balaban J connectivity index is 2.34. The predicted octanol–water partition coefficient (Wildman–Crippen LogP) is 3.45. The highest BCUT2D eigenvalue weighted by atomic mass is 35.5. The van der Waals surface area contributed by atoms with Crippen LogP contribution < -0.4 is 0 Å². The molecule has 0 spiro atoms. The molecule has 0 saturated heterocycles. The van der Waals surface area contributed by atoms with Crippen molar-refractivity contribution in [3.63, 3.8) is 0 Å². The van der Waals surface area contributed by atoms with Crippen molar-refractivity contribution in [2.24, 2.45) is 0 Å². The van der Waals surface area contributed by atoms with Gasteiger partial charge in [-0.05, 0) is 24.3 Å². The van der Waals surface area contributed by atoms with Gasteiger partial charge in [0.05, 0.1) is 5.02 Å². The van der Waals surface area contributed by atoms with Gasteiger partial charge in [0.2, 0.25) is 5.78 Å². The Morgan fingerprint density at radius 2 is 1.95 bits per heavy atom. The van der Waals surface area contributed by atoms with Crippen molar-refractivity contribution < 1.29 is 22.4 Å². The minimum absolute atomic E-state index is 0.0494. The molecule has 0 aliphatic rings. The zero-order chi connectivity index (χ0) is 14.2. The molecule has 0 fully saturated rings. The summed E-state index contributed by atoms with van der Waals surface area (Å²) in [5.74, 6) is -1.51. The number of nitrogens with one attached hydrogen (secondary N) is 1. The highest BCUT2D eigenvalue weighted by Gasteiger charge is 2.33. The zero-order valence-electron chi connectivity index (χ0n) is 9.05. The topological polar surface area (TPSA) is 45.8 Å². The number of aromatic amines is 1. The van der Waals surface area contributed by atoms with Gasteiger partial charge < -0.3 is 0 Å². The first-order valence-corrected chi connectivity index (χ1v) is 5.29. The third kappa shape index (κ3) is 2.76. The van der Waals surface area contributed by atoms with Gasteiger partial charge in [0.15, 0.2) is 0 Å². The van der Waals surface area contributed by atoms with Gasteiger partial charge in [0.25, 0.3) is 0 Å². The molecule has 8 heteroatoms. The molecule has 0 aliphatic carbocycles. The van der Waals surface area contributed by atoms with Crippen LogP contribution in [0.2, 0.25) is 5.02 Å². The Bertz CT molecular complexity index is 636. The molecule has 3 nitrogen and oxygen atoms in total. The Morgan fingerprint density at radius 1 is 1.26 bits per heavy atom. The Labute approximate surface area is 109 Å². The summed E-state index contributed by atoms with van der Waals surface area (Å²) in [7, 11) is 0. The molecular formula is C11H5ClF4N2O. The molecule has 1 N–H and O–H groups in total. The number of rotatable bonds is 2. The lowest BCUT2D eigenvalue weighted by Crippen LogP contribution is -2.05. The van der Waals surface area contributed by atoms with Crippen LogP contribution in [0, 0.1) is 5.82 Å². The average Bonchev–Trinajstić information content (AvgIpc) is 2.81. The van der Waals surface area contributed by atoms with E-state index in [0.29, 0.717) is 6.07 Å². The van der Waals surface area contributed by atoms with E-state index in [2.05, 4.69) is 5.10 Å². The summed E-state index contributed by atoms with van der Waals surface area (Å²) in [5, 5.41) is 4.71.